The summed E-state index contributed by atoms with van der Waals surface area (Å²) in [7, 11) is -3.99. The van der Waals surface area contributed by atoms with E-state index < -0.39 is 56.3 Å². The summed E-state index contributed by atoms with van der Waals surface area (Å²) in [5, 5.41) is 19.8. The van der Waals surface area contributed by atoms with Gasteiger partial charge in [0.25, 0.3) is 5.56 Å². The van der Waals surface area contributed by atoms with E-state index in [0.29, 0.717) is 0 Å². The molecule has 11 nitrogen and oxygen atoms in total. The summed E-state index contributed by atoms with van der Waals surface area (Å²) in [6.07, 6.45) is -4.88. The van der Waals surface area contributed by atoms with Gasteiger partial charge in [-0.15, -0.1) is 12.4 Å². The molecule has 1 aliphatic rings. The topological polar surface area (TPSA) is 177 Å². The second kappa shape index (κ2) is 7.69. The summed E-state index contributed by atoms with van der Waals surface area (Å²) < 4.78 is 22.1. The van der Waals surface area contributed by atoms with Gasteiger partial charge in [-0.1, -0.05) is 0 Å². The van der Waals surface area contributed by atoms with Gasteiger partial charge >= 0.3 is 13.3 Å². The Morgan fingerprint density at radius 3 is 2.61 bits per heavy atom. The number of hydrogen-bond donors (Lipinski definition) is 5. The fourth-order valence-corrected chi connectivity index (χ4v) is 2.45. The number of nitrogens with two attached hydrogens (primary N) is 1. The summed E-state index contributed by atoms with van der Waals surface area (Å²) in [5.41, 5.74) is 3.58. The Balaban J connectivity index is 0.00000264. The molecule has 0 aliphatic carbocycles. The van der Waals surface area contributed by atoms with Crippen LogP contribution in [0.4, 0.5) is 0 Å². The van der Waals surface area contributed by atoms with E-state index in [4.69, 9.17) is 10.5 Å². The second-order valence-corrected chi connectivity index (χ2v) is 6.58. The SMILES string of the molecule is Cl.NCP(=O)(O)OC[C@H]1O[C@@H](n2ccc(=O)[nH]c2=O)[C@H](O)[C@@H]1O. The highest BCUT2D eigenvalue weighted by atomic mass is 35.5. The molecule has 0 saturated carbocycles. The predicted octanol–water partition coefficient (Wildman–Crippen LogP) is -2.30. The minimum Gasteiger partial charge on any atom is -0.387 e. The Labute approximate surface area is 135 Å². The Kier molecular flexibility index (Phi) is 6.69. The average molecular weight is 374 g/mol. The molecule has 23 heavy (non-hydrogen) atoms. The maximum Gasteiger partial charge on any atom is 0.341 e. The minimum absolute atomic E-state index is 0. The lowest BCUT2D eigenvalue weighted by atomic mass is 10.1. The summed E-state index contributed by atoms with van der Waals surface area (Å²) >= 11 is 0. The summed E-state index contributed by atoms with van der Waals surface area (Å²) in [5.74, 6) is 0. The molecule has 0 aromatic carbocycles. The monoisotopic (exact) mass is 373 g/mol. The van der Waals surface area contributed by atoms with Gasteiger partial charge in [0.15, 0.2) is 6.23 Å². The first-order chi connectivity index (χ1) is 10.2. The van der Waals surface area contributed by atoms with Crippen molar-refractivity contribution >= 4 is 20.0 Å². The summed E-state index contributed by atoms with van der Waals surface area (Å²) in [6, 6.07) is 1.05. The molecule has 1 aromatic heterocycles. The molecule has 0 spiro atoms. The minimum atomic E-state index is -3.99. The molecular weight excluding hydrogens is 357 g/mol. The molecule has 0 amide bonds. The third-order valence-electron chi connectivity index (χ3n) is 3.13. The van der Waals surface area contributed by atoms with Crippen molar-refractivity contribution in [1.29, 1.82) is 0 Å². The van der Waals surface area contributed by atoms with Gasteiger partial charge in [0.1, 0.15) is 18.3 Å². The number of nitrogens with one attached hydrogen (secondary N) is 1. The fraction of sp³-hybridized carbons (Fsp3) is 0.600. The van der Waals surface area contributed by atoms with Crippen LogP contribution in [-0.2, 0) is 13.8 Å². The van der Waals surface area contributed by atoms with Crippen LogP contribution in [0.25, 0.3) is 0 Å². The van der Waals surface area contributed by atoms with Crippen LogP contribution in [-0.4, -0.2) is 55.9 Å². The van der Waals surface area contributed by atoms with E-state index in [1.165, 1.54) is 0 Å². The van der Waals surface area contributed by atoms with E-state index in [1.54, 1.807) is 0 Å². The van der Waals surface area contributed by atoms with E-state index >= 15 is 0 Å². The molecule has 5 atom stereocenters. The molecule has 132 valence electrons. The van der Waals surface area contributed by atoms with Crippen molar-refractivity contribution in [3.05, 3.63) is 33.1 Å². The van der Waals surface area contributed by atoms with Crippen molar-refractivity contribution in [1.82, 2.24) is 9.55 Å². The second-order valence-electron chi connectivity index (χ2n) is 4.68. The van der Waals surface area contributed by atoms with Crippen molar-refractivity contribution in [3.63, 3.8) is 0 Å². The zero-order valence-corrected chi connectivity index (χ0v) is 13.4. The van der Waals surface area contributed by atoms with Crippen LogP contribution in [0.15, 0.2) is 21.9 Å². The maximum atomic E-state index is 11.7. The Morgan fingerprint density at radius 2 is 2.04 bits per heavy atom. The first-order valence-corrected chi connectivity index (χ1v) is 8.01. The zero-order valence-electron chi connectivity index (χ0n) is 11.6. The van der Waals surface area contributed by atoms with Gasteiger partial charge in [-0.25, -0.2) is 4.79 Å². The van der Waals surface area contributed by atoms with Crippen LogP contribution in [0, 0.1) is 0 Å². The van der Waals surface area contributed by atoms with Crippen LogP contribution in [0.1, 0.15) is 6.23 Å². The molecule has 1 unspecified atom stereocenters. The zero-order chi connectivity index (χ0) is 16.5. The number of halogens is 1. The van der Waals surface area contributed by atoms with Gasteiger partial charge in [-0.3, -0.25) is 18.9 Å². The highest BCUT2D eigenvalue weighted by molar-refractivity contribution is 7.52. The lowest BCUT2D eigenvalue weighted by Crippen LogP contribution is -2.37. The Hall–Kier alpha value is -1.04. The first-order valence-electron chi connectivity index (χ1n) is 6.24. The smallest absolute Gasteiger partial charge is 0.341 e. The van der Waals surface area contributed by atoms with Crippen LogP contribution in [0.3, 0.4) is 0 Å². The third kappa shape index (κ3) is 4.49. The summed E-state index contributed by atoms with van der Waals surface area (Å²) in [6.45, 7) is -0.502. The van der Waals surface area contributed by atoms with E-state index in [1.807, 2.05) is 4.98 Å². The molecule has 1 fully saturated rings. The number of hydrogen-bond acceptors (Lipinski definition) is 8. The molecule has 1 aliphatic heterocycles. The Morgan fingerprint density at radius 1 is 1.39 bits per heavy atom. The highest BCUT2D eigenvalue weighted by Gasteiger charge is 2.44. The number of rotatable bonds is 5. The van der Waals surface area contributed by atoms with Crippen LogP contribution >= 0.6 is 20.0 Å². The maximum absolute atomic E-state index is 11.7. The quantitative estimate of drug-likeness (QED) is 0.355. The third-order valence-corrected chi connectivity index (χ3v) is 4.15. The highest BCUT2D eigenvalue weighted by Crippen LogP contribution is 2.40. The average Bonchev–Trinajstić information content (AvgIpc) is 2.73. The van der Waals surface area contributed by atoms with Crippen LogP contribution in [0.2, 0.25) is 0 Å². The van der Waals surface area contributed by atoms with E-state index in [9.17, 15) is 29.3 Å². The van der Waals surface area contributed by atoms with E-state index in [0.717, 1.165) is 16.8 Å². The molecule has 2 rings (SSSR count). The molecule has 6 N–H and O–H groups in total. The molecule has 1 aromatic rings. The lowest BCUT2D eigenvalue weighted by molar-refractivity contribution is -0.0525. The Bertz CT molecular complexity index is 693. The number of aromatic amines is 1. The molecule has 13 heteroatoms. The number of aliphatic hydroxyl groups excluding tert-OH is 2. The molecule has 0 radical (unpaired) electrons. The first kappa shape index (κ1) is 20.0. The predicted molar refractivity (Wildman–Crippen MR) is 79.3 cm³/mol. The van der Waals surface area contributed by atoms with Crippen LogP contribution < -0.4 is 17.0 Å². The van der Waals surface area contributed by atoms with Gasteiger partial charge in [-0.05, 0) is 0 Å². The van der Waals surface area contributed by atoms with Crippen molar-refractivity contribution < 1.29 is 28.9 Å². The van der Waals surface area contributed by atoms with Gasteiger partial charge in [0.05, 0.1) is 12.9 Å². The van der Waals surface area contributed by atoms with Gasteiger partial charge < -0.3 is 30.1 Å². The van der Waals surface area contributed by atoms with E-state index in [2.05, 4.69) is 4.52 Å². The van der Waals surface area contributed by atoms with Crippen LogP contribution in [0.5, 0.6) is 0 Å². The molecular formula is C10H17ClN3O8P. The lowest BCUT2D eigenvalue weighted by Gasteiger charge is -2.17. The fourth-order valence-electron chi connectivity index (χ4n) is 1.97. The standard InChI is InChI=1S/C10H16N3O8P.ClH/c11-4-22(18,19)20-3-5-7(15)8(16)9(21-5)13-2-1-6(14)12-10(13)17;/h1-2,5,7-9,15-16H,3-4,11H2,(H,18,19)(H,12,14,17);1H/t5-,7-,8-,9-;/m1./s1. The number of ether oxygens (including phenoxy) is 1. The van der Waals surface area contributed by atoms with Gasteiger partial charge in [0.2, 0.25) is 0 Å². The number of aliphatic hydroxyl groups is 2. The van der Waals surface area contributed by atoms with Crippen molar-refractivity contribution in [2.45, 2.75) is 24.5 Å². The normalized spacial score (nSPS) is 29.7. The number of aromatic nitrogens is 2. The van der Waals surface area contributed by atoms with E-state index in [-0.39, 0.29) is 12.4 Å². The largest absolute Gasteiger partial charge is 0.387 e. The molecule has 2 heterocycles. The van der Waals surface area contributed by atoms with Crippen molar-refractivity contribution in [2.75, 3.05) is 12.9 Å². The number of nitrogens with zero attached hydrogens (tertiary/aromatic N) is 1. The van der Waals surface area contributed by atoms with Crippen molar-refractivity contribution in [3.8, 4) is 0 Å². The van der Waals surface area contributed by atoms with Gasteiger partial charge in [-0.2, -0.15) is 0 Å². The van der Waals surface area contributed by atoms with Crippen molar-refractivity contribution in [2.24, 2.45) is 5.73 Å². The van der Waals surface area contributed by atoms with Gasteiger partial charge in [0, 0.05) is 12.3 Å². The molecule has 0 bridgehead atoms. The number of H-pyrrole nitrogens is 1. The molecule has 1 saturated heterocycles. The summed E-state index contributed by atoms with van der Waals surface area (Å²) in [4.78, 5) is 33.8.